The summed E-state index contributed by atoms with van der Waals surface area (Å²) in [5, 5.41) is 8.79. The Hall–Kier alpha value is -1.51. The maximum atomic E-state index is 13.4. The molecule has 0 amide bonds. The highest BCUT2D eigenvalue weighted by Crippen LogP contribution is 2.20. The molecule has 21 heavy (non-hydrogen) atoms. The van der Waals surface area contributed by atoms with Crippen LogP contribution in [0.2, 0.25) is 0 Å². The number of ether oxygens (including phenoxy) is 1. The van der Waals surface area contributed by atoms with E-state index in [2.05, 4.69) is 4.72 Å². The number of rotatable bonds is 5. The summed E-state index contributed by atoms with van der Waals surface area (Å²) in [6.45, 7) is 1.50. The Balaban J connectivity index is 1.99. The van der Waals surface area contributed by atoms with Crippen molar-refractivity contribution in [2.24, 2.45) is 0 Å². The SMILES string of the molecule is Cc1ccc(S(=O)(=O)NCC2CCC(C(=O)O)O2)cc1F. The fourth-order valence-corrected chi connectivity index (χ4v) is 3.14. The van der Waals surface area contributed by atoms with E-state index < -0.39 is 34.0 Å². The first-order chi connectivity index (χ1) is 9.79. The molecule has 2 atom stereocenters. The zero-order valence-electron chi connectivity index (χ0n) is 11.4. The Kier molecular flexibility index (Phi) is 4.60. The van der Waals surface area contributed by atoms with Crippen LogP contribution in [0.1, 0.15) is 18.4 Å². The average Bonchev–Trinajstić information content (AvgIpc) is 2.89. The van der Waals surface area contributed by atoms with Crippen molar-refractivity contribution < 1.29 is 27.4 Å². The minimum absolute atomic E-state index is 0.0401. The van der Waals surface area contributed by atoms with Gasteiger partial charge >= 0.3 is 5.97 Å². The van der Waals surface area contributed by atoms with Crippen LogP contribution >= 0.6 is 0 Å². The lowest BCUT2D eigenvalue weighted by atomic mass is 10.2. The molecule has 0 spiro atoms. The Morgan fingerprint density at radius 3 is 2.76 bits per heavy atom. The molecule has 2 rings (SSSR count). The van der Waals surface area contributed by atoms with Crippen LogP contribution in [0.3, 0.4) is 0 Å². The summed E-state index contributed by atoms with van der Waals surface area (Å²) < 4.78 is 45.0. The van der Waals surface area contributed by atoms with Crippen LogP contribution in [0.5, 0.6) is 0 Å². The van der Waals surface area contributed by atoms with Crippen molar-refractivity contribution in [1.29, 1.82) is 0 Å². The highest BCUT2D eigenvalue weighted by molar-refractivity contribution is 7.89. The van der Waals surface area contributed by atoms with Crippen molar-refractivity contribution in [1.82, 2.24) is 4.72 Å². The molecule has 2 N–H and O–H groups in total. The van der Waals surface area contributed by atoms with Crippen LogP contribution in [-0.4, -0.2) is 38.2 Å². The molecule has 6 nitrogen and oxygen atoms in total. The van der Waals surface area contributed by atoms with E-state index in [-0.39, 0.29) is 11.4 Å². The Morgan fingerprint density at radius 2 is 2.19 bits per heavy atom. The lowest BCUT2D eigenvalue weighted by molar-refractivity contribution is -0.149. The van der Waals surface area contributed by atoms with Crippen LogP contribution < -0.4 is 4.72 Å². The zero-order chi connectivity index (χ0) is 15.6. The van der Waals surface area contributed by atoms with Gasteiger partial charge in [-0.2, -0.15) is 0 Å². The molecule has 8 heteroatoms. The summed E-state index contributed by atoms with van der Waals surface area (Å²) in [7, 11) is -3.84. The number of sulfonamides is 1. The number of halogens is 1. The summed E-state index contributed by atoms with van der Waals surface area (Å²) in [6.07, 6.45) is -0.574. The molecule has 1 saturated heterocycles. The summed E-state index contributed by atoms with van der Waals surface area (Å²) >= 11 is 0. The van der Waals surface area contributed by atoms with E-state index in [1.165, 1.54) is 19.1 Å². The maximum absolute atomic E-state index is 13.4. The van der Waals surface area contributed by atoms with Crippen LogP contribution in [0.25, 0.3) is 0 Å². The molecule has 1 aliphatic rings. The highest BCUT2D eigenvalue weighted by atomic mass is 32.2. The Bertz CT molecular complexity index is 646. The summed E-state index contributed by atoms with van der Waals surface area (Å²) in [5.41, 5.74) is 0.359. The second-order valence-corrected chi connectivity index (χ2v) is 6.69. The molecular formula is C13H16FNO5S. The number of benzene rings is 1. The van der Waals surface area contributed by atoms with E-state index in [1.807, 2.05) is 0 Å². The van der Waals surface area contributed by atoms with Gasteiger partial charge in [0.15, 0.2) is 6.10 Å². The van der Waals surface area contributed by atoms with Gasteiger partial charge in [0.1, 0.15) is 5.82 Å². The molecule has 1 aromatic carbocycles. The number of hydrogen-bond acceptors (Lipinski definition) is 4. The van der Waals surface area contributed by atoms with Gasteiger partial charge in [0.05, 0.1) is 11.0 Å². The summed E-state index contributed by atoms with van der Waals surface area (Å²) in [5.74, 6) is -1.65. The van der Waals surface area contributed by atoms with E-state index in [0.717, 1.165) is 6.07 Å². The molecule has 1 aromatic rings. The monoisotopic (exact) mass is 317 g/mol. The minimum atomic E-state index is -3.84. The van der Waals surface area contributed by atoms with Gasteiger partial charge in [0.2, 0.25) is 10.0 Å². The third-order valence-corrected chi connectivity index (χ3v) is 4.76. The highest BCUT2D eigenvalue weighted by Gasteiger charge is 2.31. The molecule has 0 aromatic heterocycles. The van der Waals surface area contributed by atoms with Gasteiger partial charge in [-0.1, -0.05) is 6.07 Å². The first kappa shape index (κ1) is 15.9. The van der Waals surface area contributed by atoms with E-state index in [9.17, 15) is 17.6 Å². The number of nitrogens with one attached hydrogen (secondary N) is 1. The van der Waals surface area contributed by atoms with Crippen molar-refractivity contribution in [3.05, 3.63) is 29.6 Å². The van der Waals surface area contributed by atoms with Crippen molar-refractivity contribution in [3.8, 4) is 0 Å². The third-order valence-electron chi connectivity index (χ3n) is 3.34. The van der Waals surface area contributed by atoms with Crippen LogP contribution in [0.15, 0.2) is 23.1 Å². The number of carboxylic acids is 1. The molecule has 1 heterocycles. The van der Waals surface area contributed by atoms with Crippen molar-refractivity contribution >= 4 is 16.0 Å². The standard InChI is InChI=1S/C13H16FNO5S/c1-8-2-4-10(6-11(8)14)21(18,19)15-7-9-3-5-12(20-9)13(16)17/h2,4,6,9,12,15H,3,5,7H2,1H3,(H,16,17). The average molecular weight is 317 g/mol. The van der Waals surface area contributed by atoms with E-state index in [0.29, 0.717) is 18.4 Å². The molecule has 0 radical (unpaired) electrons. The van der Waals surface area contributed by atoms with Gasteiger partial charge in [-0.05, 0) is 37.5 Å². The predicted octanol–water partition coefficient (Wildman–Crippen LogP) is 1.04. The van der Waals surface area contributed by atoms with Gasteiger partial charge in [0.25, 0.3) is 0 Å². The quantitative estimate of drug-likeness (QED) is 0.846. The van der Waals surface area contributed by atoms with Crippen LogP contribution in [0.4, 0.5) is 4.39 Å². The first-order valence-corrected chi connectivity index (χ1v) is 7.92. The lowest BCUT2D eigenvalue weighted by Gasteiger charge is -2.13. The van der Waals surface area contributed by atoms with Crippen molar-refractivity contribution in [3.63, 3.8) is 0 Å². The number of carbonyl (C=O) groups is 1. The lowest BCUT2D eigenvalue weighted by Crippen LogP contribution is -2.33. The fourth-order valence-electron chi connectivity index (χ4n) is 2.06. The van der Waals surface area contributed by atoms with Gasteiger partial charge in [0, 0.05) is 6.54 Å². The van der Waals surface area contributed by atoms with E-state index in [4.69, 9.17) is 9.84 Å². The number of carboxylic acid groups (broad SMARTS) is 1. The van der Waals surface area contributed by atoms with E-state index in [1.54, 1.807) is 0 Å². The molecule has 2 unspecified atom stereocenters. The molecule has 116 valence electrons. The topological polar surface area (TPSA) is 92.7 Å². The van der Waals surface area contributed by atoms with Crippen LogP contribution in [0, 0.1) is 12.7 Å². The van der Waals surface area contributed by atoms with E-state index >= 15 is 0 Å². The second-order valence-electron chi connectivity index (χ2n) is 4.93. The van der Waals surface area contributed by atoms with Crippen LogP contribution in [-0.2, 0) is 19.6 Å². The Labute approximate surface area is 122 Å². The first-order valence-electron chi connectivity index (χ1n) is 6.43. The number of aliphatic carboxylic acids is 1. The maximum Gasteiger partial charge on any atom is 0.332 e. The van der Waals surface area contributed by atoms with Crippen molar-refractivity contribution in [2.75, 3.05) is 6.54 Å². The van der Waals surface area contributed by atoms with Gasteiger partial charge in [-0.3, -0.25) is 0 Å². The predicted molar refractivity (Wildman–Crippen MR) is 71.9 cm³/mol. The second kappa shape index (κ2) is 6.08. The molecule has 1 aliphatic heterocycles. The molecule has 1 fully saturated rings. The largest absolute Gasteiger partial charge is 0.479 e. The number of aryl methyl sites for hydroxylation is 1. The zero-order valence-corrected chi connectivity index (χ0v) is 12.2. The van der Waals surface area contributed by atoms with Gasteiger partial charge < -0.3 is 9.84 Å². The minimum Gasteiger partial charge on any atom is -0.479 e. The number of hydrogen-bond donors (Lipinski definition) is 2. The molecular weight excluding hydrogens is 301 g/mol. The molecule has 0 bridgehead atoms. The smallest absolute Gasteiger partial charge is 0.332 e. The van der Waals surface area contributed by atoms with Crippen molar-refractivity contribution in [2.45, 2.75) is 36.9 Å². The third kappa shape index (κ3) is 3.78. The fraction of sp³-hybridized carbons (Fsp3) is 0.462. The van der Waals surface area contributed by atoms with Gasteiger partial charge in [-0.15, -0.1) is 0 Å². The molecule has 0 aliphatic carbocycles. The normalized spacial score (nSPS) is 22.4. The summed E-state index contributed by atoms with van der Waals surface area (Å²) in [4.78, 5) is 10.6. The molecule has 0 saturated carbocycles. The Morgan fingerprint density at radius 1 is 1.48 bits per heavy atom. The van der Waals surface area contributed by atoms with Gasteiger partial charge in [-0.25, -0.2) is 22.3 Å². The summed E-state index contributed by atoms with van der Waals surface area (Å²) in [6, 6.07) is 3.65.